The van der Waals surface area contributed by atoms with Crippen molar-refractivity contribution >= 4 is 33.2 Å². The van der Waals surface area contributed by atoms with Crippen LogP contribution in [0.2, 0.25) is 0 Å². The summed E-state index contributed by atoms with van der Waals surface area (Å²) in [6.07, 6.45) is -1.40. The maximum atomic E-state index is 12.0. The lowest BCUT2D eigenvalue weighted by atomic mass is 10.1. The van der Waals surface area contributed by atoms with E-state index in [0.717, 1.165) is 6.42 Å². The van der Waals surface area contributed by atoms with Crippen LogP contribution in [0.5, 0.6) is 0 Å². The predicted molar refractivity (Wildman–Crippen MR) is 99.7 cm³/mol. The lowest BCUT2D eigenvalue weighted by molar-refractivity contribution is -0.121. The molecule has 5 unspecified atom stereocenters. The molecule has 2 fully saturated rings. The van der Waals surface area contributed by atoms with Crippen LogP contribution in [0.4, 0.5) is 5.82 Å². The minimum absolute atomic E-state index is 0.130. The van der Waals surface area contributed by atoms with Crippen molar-refractivity contribution in [3.63, 3.8) is 0 Å². The molecule has 0 radical (unpaired) electrons. The lowest BCUT2D eigenvalue weighted by Crippen LogP contribution is -2.44. The molecule has 1 amide bonds. The van der Waals surface area contributed by atoms with E-state index in [2.05, 4.69) is 20.3 Å². The minimum Gasteiger partial charge on any atom is -0.387 e. The molecular formula is C15H21N7O7S. The van der Waals surface area contributed by atoms with Gasteiger partial charge in [-0.25, -0.2) is 19.7 Å². The van der Waals surface area contributed by atoms with Crippen LogP contribution in [0.3, 0.4) is 0 Å². The van der Waals surface area contributed by atoms with Crippen LogP contribution in [-0.4, -0.2) is 81.6 Å². The van der Waals surface area contributed by atoms with Gasteiger partial charge < -0.3 is 26.0 Å². The molecule has 2 aromatic rings. The Balaban J connectivity index is 1.42. The van der Waals surface area contributed by atoms with Gasteiger partial charge in [0.2, 0.25) is 0 Å². The van der Waals surface area contributed by atoms with E-state index in [0.29, 0.717) is 13.0 Å². The van der Waals surface area contributed by atoms with E-state index in [1.165, 1.54) is 17.2 Å². The molecule has 2 aliphatic heterocycles. The van der Waals surface area contributed by atoms with E-state index in [9.17, 15) is 23.4 Å². The standard InChI is InChI=1S/C15H21N7O7S/c16-12-9-13(19-5-18-12)22(6-20-9)15-11(24)10(23)8(29-15)4-28-30(26,27)21-14(25)7-2-1-3-17-7/h5-8,10-11,15,17,23-24H,1-4H2,(H,21,25)(H2,16,18,19). The average molecular weight is 443 g/mol. The first-order valence-corrected chi connectivity index (χ1v) is 10.6. The van der Waals surface area contributed by atoms with Crippen LogP contribution in [0.1, 0.15) is 19.1 Å². The summed E-state index contributed by atoms with van der Waals surface area (Å²) in [5.74, 6) is -0.592. The van der Waals surface area contributed by atoms with Gasteiger partial charge in [-0.3, -0.25) is 13.5 Å². The Bertz CT molecular complexity index is 1040. The normalized spacial score (nSPS) is 29.5. The summed E-state index contributed by atoms with van der Waals surface area (Å²) >= 11 is 0. The van der Waals surface area contributed by atoms with Crippen molar-refractivity contribution in [2.24, 2.45) is 0 Å². The number of carbonyl (C=O) groups excluding carboxylic acids is 1. The van der Waals surface area contributed by atoms with Gasteiger partial charge in [0.25, 0.3) is 5.91 Å². The fourth-order valence-corrected chi connectivity index (χ4v) is 4.20. The molecule has 4 heterocycles. The van der Waals surface area contributed by atoms with Crippen molar-refractivity contribution in [1.82, 2.24) is 29.6 Å². The Kier molecular flexibility index (Phi) is 5.56. The third kappa shape index (κ3) is 3.94. The Morgan fingerprint density at radius 1 is 1.37 bits per heavy atom. The summed E-state index contributed by atoms with van der Waals surface area (Å²) in [5, 5.41) is 23.5. The number of rotatable bonds is 6. The molecule has 2 saturated heterocycles. The van der Waals surface area contributed by atoms with Crippen molar-refractivity contribution in [2.45, 2.75) is 43.4 Å². The number of amides is 1. The smallest absolute Gasteiger partial charge is 0.362 e. The Morgan fingerprint density at radius 2 is 2.17 bits per heavy atom. The third-order valence-electron chi connectivity index (χ3n) is 4.99. The summed E-state index contributed by atoms with van der Waals surface area (Å²) in [7, 11) is -4.43. The molecule has 30 heavy (non-hydrogen) atoms. The molecule has 15 heteroatoms. The van der Waals surface area contributed by atoms with Crippen molar-refractivity contribution in [3.05, 3.63) is 12.7 Å². The van der Waals surface area contributed by atoms with Gasteiger partial charge in [0.05, 0.1) is 19.0 Å². The molecule has 5 atom stereocenters. The number of aromatic nitrogens is 4. The lowest BCUT2D eigenvalue weighted by Gasteiger charge is -2.16. The number of imidazole rings is 1. The van der Waals surface area contributed by atoms with Crippen molar-refractivity contribution in [3.8, 4) is 0 Å². The quantitative estimate of drug-likeness (QED) is 0.306. The van der Waals surface area contributed by atoms with Gasteiger partial charge in [0, 0.05) is 0 Å². The fraction of sp³-hybridized carbons (Fsp3) is 0.600. The second-order valence-electron chi connectivity index (χ2n) is 6.98. The third-order valence-corrected chi connectivity index (χ3v) is 5.89. The summed E-state index contributed by atoms with van der Waals surface area (Å²) in [6, 6.07) is -0.605. The number of ether oxygens (including phenoxy) is 1. The number of hydrogen-bond acceptors (Lipinski definition) is 12. The highest BCUT2D eigenvalue weighted by molar-refractivity contribution is 7.85. The van der Waals surface area contributed by atoms with Crippen molar-refractivity contribution in [1.29, 1.82) is 0 Å². The van der Waals surface area contributed by atoms with E-state index in [-0.39, 0.29) is 17.0 Å². The first-order valence-electron chi connectivity index (χ1n) is 9.16. The van der Waals surface area contributed by atoms with E-state index >= 15 is 0 Å². The van der Waals surface area contributed by atoms with E-state index in [1.54, 1.807) is 0 Å². The van der Waals surface area contributed by atoms with E-state index in [4.69, 9.17) is 14.7 Å². The number of nitrogens with zero attached hydrogens (tertiary/aromatic N) is 4. The molecule has 4 rings (SSSR count). The van der Waals surface area contributed by atoms with Crippen LogP contribution in [0, 0.1) is 0 Å². The number of anilines is 1. The number of hydrogen-bond donors (Lipinski definition) is 5. The second-order valence-corrected chi connectivity index (χ2v) is 8.33. The number of nitrogen functional groups attached to an aromatic ring is 1. The summed E-state index contributed by atoms with van der Waals surface area (Å²) < 4.78 is 37.6. The van der Waals surface area contributed by atoms with Crippen molar-refractivity contribution in [2.75, 3.05) is 18.9 Å². The Morgan fingerprint density at radius 3 is 2.90 bits per heavy atom. The van der Waals surface area contributed by atoms with E-state index in [1.807, 2.05) is 4.72 Å². The number of carbonyl (C=O) groups is 1. The number of fused-ring (bicyclic) bond motifs is 1. The molecule has 6 N–H and O–H groups in total. The largest absolute Gasteiger partial charge is 0.387 e. The van der Waals surface area contributed by atoms with E-state index < -0.39 is 53.4 Å². The van der Waals surface area contributed by atoms with Crippen molar-refractivity contribution < 1.29 is 32.3 Å². The molecule has 164 valence electrons. The first-order chi connectivity index (χ1) is 14.3. The van der Waals surface area contributed by atoms with Crippen LogP contribution in [0.25, 0.3) is 11.2 Å². The molecule has 14 nitrogen and oxygen atoms in total. The Labute approximate surface area is 170 Å². The highest BCUT2D eigenvalue weighted by atomic mass is 32.2. The molecule has 0 aromatic carbocycles. The number of nitrogens with two attached hydrogens (primary N) is 1. The topological polar surface area (TPSA) is 204 Å². The second kappa shape index (κ2) is 8.01. The maximum Gasteiger partial charge on any atom is 0.362 e. The Hall–Kier alpha value is -2.43. The van der Waals surface area contributed by atoms with Gasteiger partial charge in [0.15, 0.2) is 17.7 Å². The highest BCUT2D eigenvalue weighted by Crippen LogP contribution is 2.32. The van der Waals surface area contributed by atoms with Crippen LogP contribution >= 0.6 is 0 Å². The fourth-order valence-electron chi connectivity index (χ4n) is 3.44. The van der Waals surface area contributed by atoms with Crippen LogP contribution in [0.15, 0.2) is 12.7 Å². The molecule has 0 saturated carbocycles. The molecular weight excluding hydrogens is 422 g/mol. The maximum absolute atomic E-state index is 12.0. The van der Waals surface area contributed by atoms with Gasteiger partial charge in [-0.2, -0.15) is 8.42 Å². The van der Waals surface area contributed by atoms with Gasteiger partial charge in [-0.1, -0.05) is 0 Å². The molecule has 2 aliphatic rings. The van der Waals surface area contributed by atoms with Crippen LogP contribution < -0.4 is 15.8 Å². The monoisotopic (exact) mass is 443 g/mol. The van der Waals surface area contributed by atoms with Gasteiger partial charge in [0.1, 0.15) is 30.2 Å². The van der Waals surface area contributed by atoms with Gasteiger partial charge in [-0.15, -0.1) is 0 Å². The highest BCUT2D eigenvalue weighted by Gasteiger charge is 2.45. The molecule has 2 aromatic heterocycles. The summed E-state index contributed by atoms with van der Waals surface area (Å²) in [6.45, 7) is -0.000929. The zero-order valence-electron chi connectivity index (χ0n) is 15.6. The predicted octanol–water partition coefficient (Wildman–Crippen LogP) is -2.84. The molecule has 0 spiro atoms. The average Bonchev–Trinajstić information content (AvgIpc) is 3.42. The van der Waals surface area contributed by atoms with Crippen LogP contribution in [-0.2, 0) is 24.0 Å². The number of nitrogens with one attached hydrogen (secondary N) is 2. The number of aliphatic hydroxyl groups excluding tert-OH is 2. The molecule has 0 bridgehead atoms. The minimum atomic E-state index is -4.43. The summed E-state index contributed by atoms with van der Waals surface area (Å²) in [5.41, 5.74) is 6.29. The van der Waals surface area contributed by atoms with Gasteiger partial charge >= 0.3 is 10.3 Å². The first kappa shape index (κ1) is 20.8. The number of aliphatic hydroxyl groups is 2. The summed E-state index contributed by atoms with van der Waals surface area (Å²) in [4.78, 5) is 23.9. The van der Waals surface area contributed by atoms with Gasteiger partial charge in [-0.05, 0) is 19.4 Å². The zero-order chi connectivity index (χ0) is 21.5. The SMILES string of the molecule is Nc1ncnc2c1ncn2C1OC(COS(=O)(=O)NC(=O)C2CCCN2)C(O)C1O. The zero-order valence-corrected chi connectivity index (χ0v) is 16.4. The molecule has 0 aliphatic carbocycles.